The molecule has 2 aromatic carbocycles. The van der Waals surface area contributed by atoms with Gasteiger partial charge in [-0.25, -0.2) is 0 Å². The highest BCUT2D eigenvalue weighted by molar-refractivity contribution is 5.95. The fourth-order valence-corrected chi connectivity index (χ4v) is 5.18. The fraction of sp³-hybridized carbons (Fsp3) is 0.480. The molecule has 3 aliphatic heterocycles. The minimum Gasteiger partial charge on any atom is -0.487 e. The fourth-order valence-electron chi connectivity index (χ4n) is 5.18. The third kappa shape index (κ3) is 4.07. The molecular weight excluding hydrogens is 392 g/mol. The summed E-state index contributed by atoms with van der Waals surface area (Å²) in [4.78, 5) is 16.0. The number of aliphatic hydroxyl groups excluding tert-OH is 2. The monoisotopic (exact) mass is 422 g/mol. The molecule has 2 fully saturated rings. The van der Waals surface area contributed by atoms with E-state index < -0.39 is 12.2 Å². The molecule has 2 atom stereocenters. The minimum atomic E-state index is -0.573. The van der Waals surface area contributed by atoms with Crippen molar-refractivity contribution in [2.75, 3.05) is 31.1 Å². The first-order valence-corrected chi connectivity index (χ1v) is 11.3. The zero-order valence-corrected chi connectivity index (χ0v) is 17.7. The second-order valence-corrected chi connectivity index (χ2v) is 9.10. The predicted octanol–water partition coefficient (Wildman–Crippen LogP) is 3.20. The highest BCUT2D eigenvalue weighted by Crippen LogP contribution is 2.44. The second-order valence-electron chi connectivity index (χ2n) is 9.10. The van der Waals surface area contributed by atoms with Gasteiger partial charge in [0.1, 0.15) is 11.4 Å². The van der Waals surface area contributed by atoms with Crippen molar-refractivity contribution in [1.29, 1.82) is 0 Å². The lowest BCUT2D eigenvalue weighted by Gasteiger charge is -2.46. The number of β-amino-alcohol motifs (C(OH)–C–C–N with tert-alkyl or cyclic N) is 1. The van der Waals surface area contributed by atoms with E-state index in [0.717, 1.165) is 61.5 Å². The third-order valence-corrected chi connectivity index (χ3v) is 7.03. The second kappa shape index (κ2) is 8.26. The van der Waals surface area contributed by atoms with Crippen LogP contribution in [0.2, 0.25) is 0 Å². The zero-order chi connectivity index (χ0) is 21.4. The number of anilines is 1. The maximum Gasteiger partial charge on any atom is 0.227 e. The summed E-state index contributed by atoms with van der Waals surface area (Å²) >= 11 is 0. The van der Waals surface area contributed by atoms with E-state index in [1.54, 1.807) is 0 Å². The van der Waals surface area contributed by atoms with Crippen LogP contribution in [-0.2, 0) is 4.79 Å². The molecule has 1 amide bonds. The van der Waals surface area contributed by atoms with Crippen molar-refractivity contribution in [2.45, 2.75) is 49.9 Å². The Labute approximate surface area is 183 Å². The SMILES string of the molecule is O=C1CCCN1c1ccc([C@H](O)CN2CCC3(CC2)C[C@@H](O)c2ccccc2O3)cc1. The summed E-state index contributed by atoms with van der Waals surface area (Å²) in [5, 5.41) is 21.4. The first-order chi connectivity index (χ1) is 15.0. The number of ether oxygens (including phenoxy) is 1. The van der Waals surface area contributed by atoms with Gasteiger partial charge in [-0.3, -0.25) is 4.79 Å². The number of nitrogens with zero attached hydrogens (tertiary/aromatic N) is 2. The maximum atomic E-state index is 11.9. The molecule has 2 aromatic rings. The number of hydrogen-bond donors (Lipinski definition) is 2. The van der Waals surface area contributed by atoms with Gasteiger partial charge in [-0.1, -0.05) is 30.3 Å². The Kier molecular flexibility index (Phi) is 5.46. The van der Waals surface area contributed by atoms with Crippen molar-refractivity contribution in [3.8, 4) is 5.75 Å². The van der Waals surface area contributed by atoms with Crippen LogP contribution in [0.3, 0.4) is 0 Å². The van der Waals surface area contributed by atoms with Gasteiger partial charge in [0.05, 0.1) is 12.2 Å². The number of rotatable bonds is 4. The van der Waals surface area contributed by atoms with E-state index in [0.29, 0.717) is 19.4 Å². The molecule has 6 nitrogen and oxygen atoms in total. The molecule has 3 aliphatic rings. The van der Waals surface area contributed by atoms with Gasteiger partial charge >= 0.3 is 0 Å². The number of benzene rings is 2. The molecule has 1 spiro atoms. The summed E-state index contributed by atoms with van der Waals surface area (Å²) < 4.78 is 6.36. The van der Waals surface area contributed by atoms with Gasteiger partial charge in [-0.15, -0.1) is 0 Å². The van der Waals surface area contributed by atoms with E-state index in [4.69, 9.17) is 4.74 Å². The molecule has 2 N–H and O–H groups in total. The number of aliphatic hydroxyl groups is 2. The van der Waals surface area contributed by atoms with Crippen LogP contribution in [-0.4, -0.2) is 52.8 Å². The molecule has 31 heavy (non-hydrogen) atoms. The molecule has 0 aliphatic carbocycles. The first kappa shape index (κ1) is 20.5. The smallest absolute Gasteiger partial charge is 0.227 e. The zero-order valence-electron chi connectivity index (χ0n) is 17.7. The number of piperidine rings is 1. The summed E-state index contributed by atoms with van der Waals surface area (Å²) in [5.41, 5.74) is 2.34. The molecule has 5 rings (SSSR count). The molecule has 0 aromatic heterocycles. The molecule has 6 heteroatoms. The van der Waals surface area contributed by atoms with Crippen molar-refractivity contribution in [1.82, 2.24) is 4.90 Å². The number of carbonyl (C=O) groups is 1. The lowest BCUT2D eigenvalue weighted by Crippen LogP contribution is -2.51. The summed E-state index contributed by atoms with van der Waals surface area (Å²) in [6, 6.07) is 15.5. The van der Waals surface area contributed by atoms with Gasteiger partial charge < -0.3 is 24.7 Å². The van der Waals surface area contributed by atoms with Crippen molar-refractivity contribution in [2.24, 2.45) is 0 Å². The van der Waals surface area contributed by atoms with Crippen LogP contribution in [0.1, 0.15) is 55.4 Å². The number of hydrogen-bond acceptors (Lipinski definition) is 5. The summed E-state index contributed by atoms with van der Waals surface area (Å²) in [7, 11) is 0. The van der Waals surface area contributed by atoms with E-state index in [9.17, 15) is 15.0 Å². The van der Waals surface area contributed by atoms with Crippen LogP contribution in [0, 0.1) is 0 Å². The van der Waals surface area contributed by atoms with Crippen LogP contribution in [0.5, 0.6) is 5.75 Å². The highest BCUT2D eigenvalue weighted by atomic mass is 16.5. The Morgan fingerprint density at radius 3 is 2.52 bits per heavy atom. The van der Waals surface area contributed by atoms with E-state index >= 15 is 0 Å². The number of carbonyl (C=O) groups excluding carboxylic acids is 1. The standard InChI is InChI=1S/C25H30N2O4/c28-21-16-25(31-23-5-2-1-4-20(21)23)11-14-26(15-12-25)17-22(29)18-7-9-19(10-8-18)27-13-3-6-24(27)30/h1-2,4-5,7-10,21-22,28-29H,3,6,11-17H2/t21-,22-/m1/s1. The summed E-state index contributed by atoms with van der Waals surface area (Å²) in [6.45, 7) is 2.99. The molecular formula is C25H30N2O4. The minimum absolute atomic E-state index is 0.174. The largest absolute Gasteiger partial charge is 0.487 e. The average molecular weight is 423 g/mol. The van der Waals surface area contributed by atoms with Crippen molar-refractivity contribution >= 4 is 11.6 Å². The predicted molar refractivity (Wildman–Crippen MR) is 118 cm³/mol. The summed E-state index contributed by atoms with van der Waals surface area (Å²) in [6.07, 6.45) is 2.76. The molecule has 0 saturated carbocycles. The van der Waals surface area contributed by atoms with Crippen molar-refractivity contribution in [3.63, 3.8) is 0 Å². The lowest BCUT2D eigenvalue weighted by atomic mass is 9.81. The Hall–Kier alpha value is -2.41. The highest BCUT2D eigenvalue weighted by Gasteiger charge is 2.42. The van der Waals surface area contributed by atoms with Gasteiger partial charge in [0.15, 0.2) is 0 Å². The maximum absolute atomic E-state index is 11.9. The molecule has 0 unspecified atom stereocenters. The molecule has 0 bridgehead atoms. The van der Waals surface area contributed by atoms with E-state index in [1.165, 1.54) is 0 Å². The molecule has 2 saturated heterocycles. The van der Waals surface area contributed by atoms with Crippen LogP contribution in [0.15, 0.2) is 48.5 Å². The van der Waals surface area contributed by atoms with Gasteiger partial charge in [-0.05, 0) is 43.0 Å². The number of fused-ring (bicyclic) bond motifs is 1. The van der Waals surface area contributed by atoms with Gasteiger partial charge in [0.25, 0.3) is 0 Å². The van der Waals surface area contributed by atoms with E-state index in [-0.39, 0.29) is 11.5 Å². The molecule has 3 heterocycles. The first-order valence-electron chi connectivity index (χ1n) is 11.3. The molecule has 164 valence electrons. The van der Waals surface area contributed by atoms with E-state index in [2.05, 4.69) is 4.90 Å². The third-order valence-electron chi connectivity index (χ3n) is 7.03. The van der Waals surface area contributed by atoms with Crippen molar-refractivity contribution < 1.29 is 19.7 Å². The number of likely N-dealkylation sites (tertiary alicyclic amines) is 1. The number of para-hydroxylation sites is 1. The normalized spacial score (nSPS) is 24.1. The average Bonchev–Trinajstić information content (AvgIpc) is 3.21. The van der Waals surface area contributed by atoms with Gasteiger partial charge in [0, 0.05) is 50.3 Å². The Balaban J connectivity index is 1.18. The topological polar surface area (TPSA) is 73.2 Å². The van der Waals surface area contributed by atoms with Crippen LogP contribution in [0.25, 0.3) is 0 Å². The van der Waals surface area contributed by atoms with Gasteiger partial charge in [-0.2, -0.15) is 0 Å². The Bertz CT molecular complexity index is 937. The molecule has 0 radical (unpaired) electrons. The van der Waals surface area contributed by atoms with Crippen LogP contribution in [0.4, 0.5) is 5.69 Å². The summed E-state index contributed by atoms with van der Waals surface area (Å²) in [5.74, 6) is 0.972. The lowest BCUT2D eigenvalue weighted by molar-refractivity contribution is -0.117. The van der Waals surface area contributed by atoms with Crippen LogP contribution < -0.4 is 9.64 Å². The van der Waals surface area contributed by atoms with Gasteiger partial charge in [0.2, 0.25) is 5.91 Å². The van der Waals surface area contributed by atoms with Crippen LogP contribution >= 0.6 is 0 Å². The van der Waals surface area contributed by atoms with E-state index in [1.807, 2.05) is 53.4 Å². The van der Waals surface area contributed by atoms with Crippen molar-refractivity contribution in [3.05, 3.63) is 59.7 Å². The Morgan fingerprint density at radius 2 is 1.81 bits per heavy atom. The number of amides is 1. The Morgan fingerprint density at radius 1 is 1.06 bits per heavy atom. The quantitative estimate of drug-likeness (QED) is 0.792.